The molecule has 2 rings (SSSR count). The van der Waals surface area contributed by atoms with E-state index >= 15 is 0 Å². The van der Waals surface area contributed by atoms with Crippen molar-refractivity contribution >= 4 is 15.9 Å². The van der Waals surface area contributed by atoms with Gasteiger partial charge in [0.15, 0.2) is 0 Å². The van der Waals surface area contributed by atoms with Gasteiger partial charge in [-0.2, -0.15) is 0 Å². The van der Waals surface area contributed by atoms with Crippen molar-refractivity contribution in [1.82, 2.24) is 0 Å². The Morgan fingerprint density at radius 2 is 2.00 bits per heavy atom. The van der Waals surface area contributed by atoms with Gasteiger partial charge in [0, 0.05) is 5.33 Å². The molecule has 0 atom stereocenters. The van der Waals surface area contributed by atoms with Gasteiger partial charge in [-0.1, -0.05) is 22.0 Å². The second kappa shape index (κ2) is 4.28. The Morgan fingerprint density at radius 3 is 2.50 bits per heavy atom. The summed E-state index contributed by atoms with van der Waals surface area (Å²) < 4.78 is 39.9. The molecule has 0 spiro atoms. The number of ether oxygens (including phenoxy) is 1. The highest BCUT2D eigenvalue weighted by Crippen LogP contribution is 2.43. The minimum absolute atomic E-state index is 0.147. The standard InChI is InChI=1S/C11H10BrF3O/c12-6-8-5-9(16-11(13,14)15)3-4-10(8)7-1-2-7/h3-5,7H,1-2,6H2. The van der Waals surface area contributed by atoms with E-state index in [2.05, 4.69) is 20.7 Å². The Balaban J connectivity index is 2.22. The van der Waals surface area contributed by atoms with Crippen LogP contribution >= 0.6 is 15.9 Å². The second-order valence-corrected chi connectivity index (χ2v) is 4.38. The van der Waals surface area contributed by atoms with Gasteiger partial charge < -0.3 is 4.74 Å². The Kier molecular flexibility index (Phi) is 3.15. The van der Waals surface area contributed by atoms with Gasteiger partial charge in [-0.3, -0.25) is 0 Å². The molecule has 88 valence electrons. The van der Waals surface area contributed by atoms with Crippen LogP contribution in [-0.4, -0.2) is 6.36 Å². The maximum atomic E-state index is 12.0. The number of benzene rings is 1. The smallest absolute Gasteiger partial charge is 0.406 e. The van der Waals surface area contributed by atoms with E-state index in [0.29, 0.717) is 11.2 Å². The molecule has 0 saturated heterocycles. The van der Waals surface area contributed by atoms with Gasteiger partial charge in [0.2, 0.25) is 0 Å². The first-order valence-corrected chi connectivity index (χ1v) is 6.06. The lowest BCUT2D eigenvalue weighted by Crippen LogP contribution is -2.17. The first-order valence-electron chi connectivity index (χ1n) is 4.94. The van der Waals surface area contributed by atoms with Crippen LogP contribution < -0.4 is 4.74 Å². The van der Waals surface area contributed by atoms with E-state index in [4.69, 9.17) is 0 Å². The minimum atomic E-state index is -4.62. The average Bonchev–Trinajstić information content (AvgIpc) is 2.98. The first-order chi connectivity index (χ1) is 7.49. The molecule has 0 radical (unpaired) electrons. The molecule has 16 heavy (non-hydrogen) atoms. The summed E-state index contributed by atoms with van der Waals surface area (Å²) >= 11 is 3.28. The zero-order valence-electron chi connectivity index (χ0n) is 8.35. The van der Waals surface area contributed by atoms with Crippen molar-refractivity contribution in [2.45, 2.75) is 30.5 Å². The Bertz CT molecular complexity index is 385. The van der Waals surface area contributed by atoms with E-state index in [1.165, 1.54) is 12.1 Å². The Labute approximate surface area is 99.7 Å². The lowest BCUT2D eigenvalue weighted by atomic mass is 10.0. The molecule has 1 saturated carbocycles. The highest BCUT2D eigenvalue weighted by Gasteiger charge is 2.32. The van der Waals surface area contributed by atoms with E-state index in [1.807, 2.05) is 0 Å². The van der Waals surface area contributed by atoms with Crippen molar-refractivity contribution in [2.75, 3.05) is 0 Å². The Morgan fingerprint density at radius 1 is 1.31 bits per heavy atom. The number of alkyl halides is 4. The SMILES string of the molecule is FC(F)(F)Oc1ccc(C2CC2)c(CBr)c1. The van der Waals surface area contributed by atoms with E-state index in [0.717, 1.165) is 24.0 Å². The van der Waals surface area contributed by atoms with Gasteiger partial charge >= 0.3 is 6.36 Å². The first kappa shape index (κ1) is 11.8. The van der Waals surface area contributed by atoms with Gasteiger partial charge in [0.25, 0.3) is 0 Å². The van der Waals surface area contributed by atoms with Crippen molar-refractivity contribution in [3.05, 3.63) is 29.3 Å². The van der Waals surface area contributed by atoms with Crippen LogP contribution in [0.1, 0.15) is 29.9 Å². The normalized spacial score (nSPS) is 16.2. The zero-order valence-corrected chi connectivity index (χ0v) is 9.94. The maximum Gasteiger partial charge on any atom is 0.573 e. The van der Waals surface area contributed by atoms with Crippen LogP contribution in [-0.2, 0) is 5.33 Å². The monoisotopic (exact) mass is 294 g/mol. The molecule has 5 heteroatoms. The third-order valence-corrected chi connectivity index (χ3v) is 3.11. The Hall–Kier alpha value is -0.710. The highest BCUT2D eigenvalue weighted by molar-refractivity contribution is 9.08. The lowest BCUT2D eigenvalue weighted by molar-refractivity contribution is -0.274. The van der Waals surface area contributed by atoms with Gasteiger partial charge in [0.05, 0.1) is 0 Å². The number of hydrogen-bond donors (Lipinski definition) is 0. The van der Waals surface area contributed by atoms with E-state index < -0.39 is 6.36 Å². The van der Waals surface area contributed by atoms with Crippen LogP contribution in [0.25, 0.3) is 0 Å². The fourth-order valence-electron chi connectivity index (χ4n) is 1.69. The molecule has 0 heterocycles. The minimum Gasteiger partial charge on any atom is -0.406 e. The molecule has 0 aliphatic heterocycles. The van der Waals surface area contributed by atoms with E-state index in [-0.39, 0.29) is 5.75 Å². The topological polar surface area (TPSA) is 9.23 Å². The van der Waals surface area contributed by atoms with Crippen LogP contribution in [0.15, 0.2) is 18.2 Å². The summed E-state index contributed by atoms with van der Waals surface area (Å²) in [4.78, 5) is 0. The molecule has 0 unspecified atom stereocenters. The molecule has 1 aliphatic rings. The molecular weight excluding hydrogens is 285 g/mol. The van der Waals surface area contributed by atoms with Crippen LogP contribution in [0.5, 0.6) is 5.75 Å². The quantitative estimate of drug-likeness (QED) is 0.753. The molecule has 0 aromatic heterocycles. The van der Waals surface area contributed by atoms with Crippen LogP contribution in [0.4, 0.5) is 13.2 Å². The van der Waals surface area contributed by atoms with Crippen molar-refractivity contribution in [3.63, 3.8) is 0 Å². The third kappa shape index (κ3) is 2.90. The summed E-state index contributed by atoms with van der Waals surface area (Å²) in [5.41, 5.74) is 2.01. The number of rotatable bonds is 3. The molecule has 1 nitrogen and oxygen atoms in total. The van der Waals surface area contributed by atoms with Crippen molar-refractivity contribution < 1.29 is 17.9 Å². The van der Waals surface area contributed by atoms with Crippen molar-refractivity contribution in [3.8, 4) is 5.75 Å². The summed E-state index contributed by atoms with van der Waals surface area (Å²) in [5.74, 6) is 0.374. The molecule has 1 fully saturated rings. The molecule has 0 bridgehead atoms. The fraction of sp³-hybridized carbons (Fsp3) is 0.455. The predicted molar refractivity (Wildman–Crippen MR) is 57.7 cm³/mol. The summed E-state index contributed by atoms with van der Waals surface area (Å²) in [7, 11) is 0. The van der Waals surface area contributed by atoms with Gasteiger partial charge in [-0.05, 0) is 42.0 Å². The van der Waals surface area contributed by atoms with Crippen molar-refractivity contribution in [2.24, 2.45) is 0 Å². The summed E-state index contributed by atoms with van der Waals surface area (Å²) in [6, 6.07) is 4.57. The van der Waals surface area contributed by atoms with E-state index in [9.17, 15) is 13.2 Å². The molecule has 0 N–H and O–H groups in total. The molecule has 1 aromatic carbocycles. The largest absolute Gasteiger partial charge is 0.573 e. The third-order valence-electron chi connectivity index (χ3n) is 2.51. The molecular formula is C11H10BrF3O. The van der Waals surface area contributed by atoms with Crippen LogP contribution in [0, 0.1) is 0 Å². The molecule has 0 amide bonds. The number of halogens is 4. The van der Waals surface area contributed by atoms with Gasteiger partial charge in [0.1, 0.15) is 5.75 Å². The second-order valence-electron chi connectivity index (χ2n) is 3.82. The molecule has 1 aliphatic carbocycles. The predicted octanol–water partition coefficient (Wildman–Crippen LogP) is 4.36. The summed E-state index contributed by atoms with van der Waals surface area (Å²) in [5, 5.41) is 0.549. The van der Waals surface area contributed by atoms with Crippen LogP contribution in [0.3, 0.4) is 0 Å². The zero-order chi connectivity index (χ0) is 11.8. The maximum absolute atomic E-state index is 12.0. The average molecular weight is 295 g/mol. The molecule has 1 aromatic rings. The van der Waals surface area contributed by atoms with Gasteiger partial charge in [-0.25, -0.2) is 0 Å². The summed E-state index contributed by atoms with van der Waals surface area (Å²) in [6.45, 7) is 0. The van der Waals surface area contributed by atoms with Gasteiger partial charge in [-0.15, -0.1) is 13.2 Å². The summed E-state index contributed by atoms with van der Waals surface area (Å²) in [6.07, 6.45) is -2.37. The van der Waals surface area contributed by atoms with Crippen molar-refractivity contribution in [1.29, 1.82) is 0 Å². The van der Waals surface area contributed by atoms with Crippen LogP contribution in [0.2, 0.25) is 0 Å². The van der Waals surface area contributed by atoms with E-state index in [1.54, 1.807) is 6.07 Å². The highest BCUT2D eigenvalue weighted by atomic mass is 79.9. The number of hydrogen-bond acceptors (Lipinski definition) is 1. The lowest BCUT2D eigenvalue weighted by Gasteiger charge is -2.12. The fourth-order valence-corrected chi connectivity index (χ4v) is 2.17.